The minimum Gasteiger partial charge on any atom is -0.394 e. The van der Waals surface area contributed by atoms with Crippen LogP contribution in [0.15, 0.2) is 30.3 Å². The minimum absolute atomic E-state index is 0.0690. The lowest BCUT2D eigenvalue weighted by Crippen LogP contribution is -2.49. The van der Waals surface area contributed by atoms with E-state index >= 15 is 0 Å². The number of halogens is 4. The number of rotatable bonds is 7. The maximum Gasteiger partial charge on any atom is 0.237 e. The first-order chi connectivity index (χ1) is 17.8. The minimum atomic E-state index is -1.46. The predicted molar refractivity (Wildman–Crippen MR) is 141 cm³/mol. The Hall–Kier alpha value is -2.30. The van der Waals surface area contributed by atoms with Crippen LogP contribution in [0, 0.1) is 17.0 Å². The van der Waals surface area contributed by atoms with E-state index in [9.17, 15) is 23.5 Å². The van der Waals surface area contributed by atoms with Crippen LogP contribution in [0.2, 0.25) is 10.0 Å². The van der Waals surface area contributed by atoms with Crippen LogP contribution >= 0.6 is 23.2 Å². The van der Waals surface area contributed by atoms with E-state index in [-0.39, 0.29) is 28.4 Å². The fraction of sp³-hybridized carbons (Fsp3) is 0.481. The van der Waals surface area contributed by atoms with E-state index in [0.717, 1.165) is 0 Å². The summed E-state index contributed by atoms with van der Waals surface area (Å²) >= 11 is 12.2. The molecule has 2 aliphatic heterocycles. The highest BCUT2D eigenvalue weighted by molar-refractivity contribution is 6.31. The Balaban J connectivity index is 1.90. The summed E-state index contributed by atoms with van der Waals surface area (Å²) in [6.07, 6.45) is -0.451. The topological polar surface area (TPSA) is 111 Å². The number of anilines is 1. The molecule has 2 aliphatic rings. The second kappa shape index (κ2) is 10.7. The van der Waals surface area contributed by atoms with E-state index in [1.807, 2.05) is 20.8 Å². The number of amides is 2. The Kier molecular flexibility index (Phi) is 8.08. The summed E-state index contributed by atoms with van der Waals surface area (Å²) < 4.78 is 29.1. The number of nitrogens with one attached hydrogen (secondary N) is 3. The van der Waals surface area contributed by atoms with Gasteiger partial charge >= 0.3 is 0 Å². The maximum atomic E-state index is 14.9. The van der Waals surface area contributed by atoms with Gasteiger partial charge in [-0.15, -0.1) is 0 Å². The first-order valence-electron chi connectivity index (χ1n) is 12.4. The van der Waals surface area contributed by atoms with Gasteiger partial charge in [0.1, 0.15) is 17.0 Å². The number of aliphatic hydroxyl groups is 2. The van der Waals surface area contributed by atoms with Crippen molar-refractivity contribution < 1.29 is 28.6 Å². The summed E-state index contributed by atoms with van der Waals surface area (Å²) in [6.45, 7) is 5.60. The largest absolute Gasteiger partial charge is 0.394 e. The van der Waals surface area contributed by atoms with Gasteiger partial charge in [-0.3, -0.25) is 9.59 Å². The molecule has 2 aromatic rings. The van der Waals surface area contributed by atoms with Gasteiger partial charge in [0.05, 0.1) is 28.8 Å². The van der Waals surface area contributed by atoms with E-state index in [0.29, 0.717) is 23.2 Å². The van der Waals surface area contributed by atoms with Crippen LogP contribution in [0.1, 0.15) is 50.7 Å². The molecule has 38 heavy (non-hydrogen) atoms. The lowest BCUT2D eigenvalue weighted by atomic mass is 9.62. The molecule has 2 aromatic carbocycles. The van der Waals surface area contributed by atoms with Crippen molar-refractivity contribution in [3.8, 4) is 0 Å². The van der Waals surface area contributed by atoms with Gasteiger partial charge in [0, 0.05) is 24.2 Å². The van der Waals surface area contributed by atoms with E-state index in [1.54, 1.807) is 0 Å². The molecule has 1 spiro atoms. The average molecular weight is 570 g/mol. The zero-order chi connectivity index (χ0) is 28.0. The van der Waals surface area contributed by atoms with Crippen LogP contribution in [0.5, 0.6) is 0 Å². The Morgan fingerprint density at radius 1 is 1.16 bits per heavy atom. The second-order valence-corrected chi connectivity index (χ2v) is 12.0. The third-order valence-corrected chi connectivity index (χ3v) is 7.85. The number of hydrogen-bond donors (Lipinski definition) is 5. The summed E-state index contributed by atoms with van der Waals surface area (Å²) in [5.41, 5.74) is -0.647. The number of benzene rings is 2. The van der Waals surface area contributed by atoms with Crippen molar-refractivity contribution in [1.82, 2.24) is 10.6 Å². The van der Waals surface area contributed by atoms with E-state index < -0.39 is 59.6 Å². The van der Waals surface area contributed by atoms with Crippen molar-refractivity contribution in [2.75, 3.05) is 18.5 Å². The van der Waals surface area contributed by atoms with Gasteiger partial charge in [-0.05, 0) is 53.6 Å². The lowest BCUT2D eigenvalue weighted by molar-refractivity contribution is -0.124. The number of aliphatic hydroxyl groups excluding tert-OH is 2. The van der Waals surface area contributed by atoms with Gasteiger partial charge in [0.2, 0.25) is 11.8 Å². The maximum absolute atomic E-state index is 14.9. The van der Waals surface area contributed by atoms with Crippen LogP contribution in [0.4, 0.5) is 14.5 Å². The Labute approximate surface area is 229 Å². The Bertz CT molecular complexity index is 1260. The van der Waals surface area contributed by atoms with Gasteiger partial charge in [-0.25, -0.2) is 8.78 Å². The predicted octanol–water partition coefficient (Wildman–Crippen LogP) is 3.88. The summed E-state index contributed by atoms with van der Waals surface area (Å²) in [4.78, 5) is 27.6. The molecule has 5 atom stereocenters. The van der Waals surface area contributed by atoms with Crippen molar-refractivity contribution in [3.63, 3.8) is 0 Å². The van der Waals surface area contributed by atoms with Gasteiger partial charge in [0.15, 0.2) is 0 Å². The van der Waals surface area contributed by atoms with Gasteiger partial charge in [0.25, 0.3) is 0 Å². The third-order valence-electron chi connectivity index (χ3n) is 7.27. The van der Waals surface area contributed by atoms with Crippen LogP contribution in [-0.4, -0.2) is 53.4 Å². The smallest absolute Gasteiger partial charge is 0.237 e. The molecule has 7 nitrogen and oxygen atoms in total. The lowest BCUT2D eigenvalue weighted by Gasteiger charge is -2.37. The molecule has 0 aromatic heterocycles. The first kappa shape index (κ1) is 28.7. The molecule has 11 heteroatoms. The zero-order valence-electron chi connectivity index (χ0n) is 21.2. The van der Waals surface area contributed by atoms with Crippen LogP contribution in [0.25, 0.3) is 0 Å². The van der Waals surface area contributed by atoms with Crippen molar-refractivity contribution in [3.05, 3.63) is 63.1 Å². The average Bonchev–Trinajstić information content (AvgIpc) is 3.30. The highest BCUT2D eigenvalue weighted by Crippen LogP contribution is 2.57. The molecule has 0 saturated carbocycles. The SMILES string of the molecule is CC(C)(C)C[C@H]1N[C@@H](C(=O)NCC[C@@H](O)CO)[C@H](c2ccc(F)c(Cl)c2)[C@@]12C(=O)Nc1cc(Cl)c(F)cc12. The standard InChI is InChI=1S/C27H31Cl2F2N3O4/c1-26(2,3)11-21-27(15-9-19(31)17(29)10-20(15)33-25(27)38)22(13-4-5-18(30)16(28)8-13)23(34-21)24(37)32-7-6-14(36)12-35/h4-5,8-10,14,21-23,34-36H,6-7,11-12H2,1-3H3,(H,32,37)(H,33,38)/t14-,21-,22+,23-,27+/m1/s1. The van der Waals surface area contributed by atoms with E-state index in [2.05, 4.69) is 16.0 Å². The molecular weight excluding hydrogens is 539 g/mol. The first-order valence-corrected chi connectivity index (χ1v) is 13.1. The van der Waals surface area contributed by atoms with Gasteiger partial charge < -0.3 is 26.2 Å². The number of fused-ring (bicyclic) bond motifs is 2. The molecular formula is C27H31Cl2F2N3O4. The third kappa shape index (κ3) is 5.14. The molecule has 0 unspecified atom stereocenters. The normalized spacial score (nSPS) is 25.4. The highest BCUT2D eigenvalue weighted by Gasteiger charge is 2.65. The number of hydrogen-bond acceptors (Lipinski definition) is 5. The summed E-state index contributed by atoms with van der Waals surface area (Å²) in [6, 6.07) is 4.99. The molecule has 1 saturated heterocycles. The molecule has 0 bridgehead atoms. The fourth-order valence-corrected chi connectivity index (χ4v) is 6.06. The molecule has 2 amide bonds. The van der Waals surface area contributed by atoms with Crippen LogP contribution in [0.3, 0.4) is 0 Å². The summed E-state index contributed by atoms with van der Waals surface area (Å²) in [5.74, 6) is -3.18. The Morgan fingerprint density at radius 3 is 2.47 bits per heavy atom. The highest BCUT2D eigenvalue weighted by atomic mass is 35.5. The molecule has 206 valence electrons. The second-order valence-electron chi connectivity index (χ2n) is 11.2. The van der Waals surface area contributed by atoms with Gasteiger partial charge in [-0.1, -0.05) is 50.0 Å². The number of carbonyl (C=O) groups excluding carboxylic acids is 2. The van der Waals surface area contributed by atoms with Crippen LogP contribution in [-0.2, 0) is 15.0 Å². The molecule has 1 fully saturated rings. The van der Waals surface area contributed by atoms with Gasteiger partial charge in [-0.2, -0.15) is 0 Å². The van der Waals surface area contributed by atoms with Crippen molar-refractivity contribution in [2.45, 2.75) is 63.1 Å². The molecule has 0 radical (unpaired) electrons. The van der Waals surface area contributed by atoms with E-state index in [4.69, 9.17) is 28.3 Å². The molecule has 2 heterocycles. The molecule has 5 N–H and O–H groups in total. The summed E-state index contributed by atoms with van der Waals surface area (Å²) in [5, 5.41) is 27.4. The molecule has 4 rings (SSSR count). The van der Waals surface area contributed by atoms with Crippen molar-refractivity contribution >= 4 is 40.7 Å². The van der Waals surface area contributed by atoms with E-state index in [1.165, 1.54) is 30.3 Å². The Morgan fingerprint density at radius 2 is 1.84 bits per heavy atom. The van der Waals surface area contributed by atoms with Crippen LogP contribution < -0.4 is 16.0 Å². The monoisotopic (exact) mass is 569 g/mol. The number of carbonyl (C=O) groups is 2. The van der Waals surface area contributed by atoms with Crippen molar-refractivity contribution in [1.29, 1.82) is 0 Å². The van der Waals surface area contributed by atoms with Crippen molar-refractivity contribution in [2.24, 2.45) is 5.41 Å². The summed E-state index contributed by atoms with van der Waals surface area (Å²) in [7, 11) is 0. The zero-order valence-corrected chi connectivity index (χ0v) is 22.8. The molecule has 0 aliphatic carbocycles. The quantitative estimate of drug-likeness (QED) is 0.347. The fourth-order valence-electron chi connectivity index (χ4n) is 5.70.